The summed E-state index contributed by atoms with van der Waals surface area (Å²) in [7, 11) is 0. The maximum absolute atomic E-state index is 13.5. The van der Waals surface area contributed by atoms with Gasteiger partial charge in [0.2, 0.25) is 5.91 Å². The monoisotopic (exact) mass is 493 g/mol. The minimum atomic E-state index is -0.514. The van der Waals surface area contributed by atoms with Crippen LogP contribution in [0.2, 0.25) is 0 Å². The van der Waals surface area contributed by atoms with Gasteiger partial charge in [-0.25, -0.2) is 4.39 Å². The van der Waals surface area contributed by atoms with Crippen LogP contribution in [0.15, 0.2) is 22.7 Å². The Morgan fingerprint density at radius 1 is 1.26 bits per heavy atom. The highest BCUT2D eigenvalue weighted by Gasteiger charge is 2.58. The molecule has 0 aromatic heterocycles. The molecule has 5 fully saturated rings. The summed E-state index contributed by atoms with van der Waals surface area (Å²) in [6.07, 6.45) is 4.17. The number of rotatable bonds is 5. The van der Waals surface area contributed by atoms with Gasteiger partial charge in [-0.05, 0) is 83.5 Å². The van der Waals surface area contributed by atoms with Crippen LogP contribution in [0.1, 0.15) is 37.7 Å². The Morgan fingerprint density at radius 3 is 2.68 bits per heavy atom. The van der Waals surface area contributed by atoms with Crippen LogP contribution in [0.4, 0.5) is 4.39 Å². The van der Waals surface area contributed by atoms with Gasteiger partial charge in [-0.2, -0.15) is 0 Å². The van der Waals surface area contributed by atoms with Crippen molar-refractivity contribution in [2.75, 3.05) is 19.7 Å². The number of nitrogens with two attached hydrogens (primary N) is 1. The molecular formula is C23H29BrFN3O3. The summed E-state index contributed by atoms with van der Waals surface area (Å²) in [5.41, 5.74) is 6.42. The number of amides is 2. The zero-order valence-electron chi connectivity index (χ0n) is 17.5. The van der Waals surface area contributed by atoms with Gasteiger partial charge in [0.25, 0.3) is 5.91 Å². The van der Waals surface area contributed by atoms with Crippen molar-refractivity contribution in [3.05, 3.63) is 34.1 Å². The van der Waals surface area contributed by atoms with Crippen LogP contribution < -0.4 is 11.1 Å². The molecule has 0 spiro atoms. The van der Waals surface area contributed by atoms with Gasteiger partial charge in [0.15, 0.2) is 0 Å². The Balaban J connectivity index is 1.21. The number of nitrogens with one attached hydrogen (secondary N) is 1. The van der Waals surface area contributed by atoms with E-state index in [9.17, 15) is 14.0 Å². The van der Waals surface area contributed by atoms with Crippen molar-refractivity contribution in [3.8, 4) is 0 Å². The highest BCUT2D eigenvalue weighted by Crippen LogP contribution is 2.59. The smallest absolute Gasteiger partial charge is 0.250 e. The van der Waals surface area contributed by atoms with E-state index in [1.165, 1.54) is 6.07 Å². The second-order valence-corrected chi connectivity index (χ2v) is 10.8. The number of ether oxygens (including phenoxy) is 1. The second-order valence-electron chi connectivity index (χ2n) is 9.99. The standard InChI is InChI=1S/C23H29BrFN3O3/c24-17-7-13(1-2-18(17)25)11-28-3-4-31-19(12-28)21(29)27-20-15-5-14-6-16(20)10-23(8-14,9-15)22(26)30/h1-2,7,14-16,19-20H,3-6,8-12H2,(H2,26,30)(H,27,29). The maximum atomic E-state index is 13.5. The topological polar surface area (TPSA) is 84.7 Å². The molecule has 1 aromatic rings. The SMILES string of the molecule is NC(=O)C12CC3CC(C1)C(NC(=O)C1CN(Cc4ccc(F)c(Br)c4)CCO1)C(C3)C2. The van der Waals surface area contributed by atoms with Crippen LogP contribution in [0.5, 0.6) is 0 Å². The van der Waals surface area contributed by atoms with E-state index < -0.39 is 6.10 Å². The van der Waals surface area contributed by atoms with Crippen LogP contribution in [-0.2, 0) is 20.9 Å². The summed E-state index contributed by atoms with van der Waals surface area (Å²) in [5, 5.41) is 3.29. The van der Waals surface area contributed by atoms with Crippen molar-refractivity contribution < 1.29 is 18.7 Å². The molecule has 4 saturated carbocycles. The van der Waals surface area contributed by atoms with E-state index in [2.05, 4.69) is 26.1 Å². The lowest BCUT2D eigenvalue weighted by atomic mass is 9.47. The van der Waals surface area contributed by atoms with E-state index >= 15 is 0 Å². The van der Waals surface area contributed by atoms with E-state index in [0.29, 0.717) is 41.9 Å². The first-order valence-corrected chi connectivity index (χ1v) is 12.0. The van der Waals surface area contributed by atoms with Crippen LogP contribution in [-0.4, -0.2) is 48.6 Å². The third kappa shape index (κ3) is 4.02. The molecule has 1 saturated heterocycles. The van der Waals surface area contributed by atoms with Gasteiger partial charge in [0, 0.05) is 31.1 Å². The number of morpholine rings is 1. The number of nitrogens with zero attached hydrogens (tertiary/aromatic N) is 1. The highest BCUT2D eigenvalue weighted by molar-refractivity contribution is 9.10. The fourth-order valence-corrected chi connectivity index (χ4v) is 7.15. The lowest BCUT2D eigenvalue weighted by Crippen LogP contribution is -2.63. The fraction of sp³-hybridized carbons (Fsp3) is 0.652. The normalized spacial score (nSPS) is 37.0. The third-order valence-corrected chi connectivity index (χ3v) is 8.55. The minimum absolute atomic E-state index is 0.0596. The quantitative estimate of drug-likeness (QED) is 0.659. The molecule has 0 radical (unpaired) electrons. The number of carbonyl (C=O) groups excluding carboxylic acids is 2. The summed E-state index contributed by atoms with van der Waals surface area (Å²) in [5.74, 6) is 0.732. The number of primary amides is 1. The summed E-state index contributed by atoms with van der Waals surface area (Å²) < 4.78 is 19.8. The van der Waals surface area contributed by atoms with E-state index in [1.54, 1.807) is 12.1 Å². The van der Waals surface area contributed by atoms with Crippen LogP contribution in [0.3, 0.4) is 0 Å². The molecule has 1 heterocycles. The van der Waals surface area contributed by atoms with Crippen molar-refractivity contribution in [2.45, 2.75) is 50.8 Å². The summed E-state index contributed by atoms with van der Waals surface area (Å²) in [6, 6.07) is 5.12. The van der Waals surface area contributed by atoms with Gasteiger partial charge in [0.05, 0.1) is 11.1 Å². The first-order valence-electron chi connectivity index (χ1n) is 11.2. The molecule has 4 bridgehead atoms. The molecule has 6 rings (SSSR count). The lowest BCUT2D eigenvalue weighted by molar-refractivity contribution is -0.151. The van der Waals surface area contributed by atoms with Crippen molar-refractivity contribution in [3.63, 3.8) is 0 Å². The molecule has 3 atom stereocenters. The Kier molecular flexibility index (Phi) is 5.59. The number of benzene rings is 1. The van der Waals surface area contributed by atoms with Gasteiger partial charge in [-0.15, -0.1) is 0 Å². The van der Waals surface area contributed by atoms with E-state index in [4.69, 9.17) is 10.5 Å². The van der Waals surface area contributed by atoms with Crippen molar-refractivity contribution in [2.24, 2.45) is 28.9 Å². The van der Waals surface area contributed by atoms with E-state index in [-0.39, 0.29) is 29.1 Å². The van der Waals surface area contributed by atoms with Gasteiger partial charge < -0.3 is 15.8 Å². The first kappa shape index (κ1) is 21.3. The predicted octanol–water partition coefficient (Wildman–Crippen LogP) is 2.59. The molecule has 5 aliphatic rings. The molecule has 8 heteroatoms. The van der Waals surface area contributed by atoms with E-state index in [1.807, 2.05) is 0 Å². The predicted molar refractivity (Wildman–Crippen MR) is 116 cm³/mol. The number of hydrogen-bond acceptors (Lipinski definition) is 4. The second kappa shape index (κ2) is 8.12. The lowest BCUT2D eigenvalue weighted by Gasteiger charge is -2.59. The molecule has 3 N–H and O–H groups in total. The van der Waals surface area contributed by atoms with Crippen molar-refractivity contribution in [1.82, 2.24) is 10.2 Å². The number of carbonyl (C=O) groups is 2. The number of hydrogen-bond donors (Lipinski definition) is 2. The Hall–Kier alpha value is -1.51. The van der Waals surface area contributed by atoms with Gasteiger partial charge >= 0.3 is 0 Å². The van der Waals surface area contributed by atoms with Crippen molar-refractivity contribution in [1.29, 1.82) is 0 Å². The van der Waals surface area contributed by atoms with Gasteiger partial charge in [0.1, 0.15) is 11.9 Å². The molecule has 4 aliphatic carbocycles. The molecule has 1 aromatic carbocycles. The average Bonchev–Trinajstić information content (AvgIpc) is 2.73. The first-order chi connectivity index (χ1) is 14.8. The summed E-state index contributed by atoms with van der Waals surface area (Å²) in [4.78, 5) is 27.4. The average molecular weight is 494 g/mol. The van der Waals surface area contributed by atoms with E-state index in [0.717, 1.165) is 44.2 Å². The molecule has 2 amide bonds. The third-order valence-electron chi connectivity index (χ3n) is 7.94. The Bertz CT molecular complexity index is 881. The Labute approximate surface area is 190 Å². The fourth-order valence-electron chi connectivity index (χ4n) is 6.72. The Morgan fingerprint density at radius 2 is 2.00 bits per heavy atom. The molecule has 6 nitrogen and oxygen atoms in total. The van der Waals surface area contributed by atoms with Crippen LogP contribution in [0.25, 0.3) is 0 Å². The summed E-state index contributed by atoms with van der Waals surface area (Å²) in [6.45, 7) is 2.38. The maximum Gasteiger partial charge on any atom is 0.250 e. The molecule has 31 heavy (non-hydrogen) atoms. The molecule has 168 valence electrons. The van der Waals surface area contributed by atoms with Gasteiger partial charge in [-0.3, -0.25) is 14.5 Å². The molecular weight excluding hydrogens is 465 g/mol. The van der Waals surface area contributed by atoms with Gasteiger partial charge in [-0.1, -0.05) is 6.07 Å². The van der Waals surface area contributed by atoms with Crippen molar-refractivity contribution >= 4 is 27.7 Å². The molecule has 1 aliphatic heterocycles. The largest absolute Gasteiger partial charge is 0.369 e. The zero-order chi connectivity index (χ0) is 21.8. The molecule has 3 unspecified atom stereocenters. The zero-order valence-corrected chi connectivity index (χ0v) is 19.1. The number of halogens is 2. The summed E-state index contributed by atoms with van der Waals surface area (Å²) >= 11 is 3.23. The van der Waals surface area contributed by atoms with Crippen LogP contribution >= 0.6 is 15.9 Å². The minimum Gasteiger partial charge on any atom is -0.369 e. The highest BCUT2D eigenvalue weighted by atomic mass is 79.9. The van der Waals surface area contributed by atoms with Crippen LogP contribution in [0, 0.1) is 29.0 Å².